The summed E-state index contributed by atoms with van der Waals surface area (Å²) in [5.74, 6) is -1.07. The first kappa shape index (κ1) is 26.4. The molecular weight excluding hydrogens is 527 g/mol. The summed E-state index contributed by atoms with van der Waals surface area (Å²) in [4.78, 5) is 44.9. The molecular formula is C27H25FN4O6S. The number of aromatic nitrogens is 1. The number of ether oxygens (including phenoxy) is 2. The van der Waals surface area contributed by atoms with Gasteiger partial charge < -0.3 is 14.4 Å². The third-order valence-electron chi connectivity index (χ3n) is 6.56. The summed E-state index contributed by atoms with van der Waals surface area (Å²) in [6.07, 6.45) is 1.62. The van der Waals surface area contributed by atoms with Crippen LogP contribution >= 0.6 is 11.3 Å². The maximum atomic E-state index is 13.9. The summed E-state index contributed by atoms with van der Waals surface area (Å²) < 4.78 is 26.2. The number of carbonyl (C=O) groups is 1. The van der Waals surface area contributed by atoms with Crippen molar-refractivity contribution in [1.29, 1.82) is 0 Å². The Bertz CT molecular complexity index is 1650. The van der Waals surface area contributed by atoms with E-state index in [0.717, 1.165) is 17.0 Å². The summed E-state index contributed by atoms with van der Waals surface area (Å²) in [5, 5.41) is 11.5. The van der Waals surface area contributed by atoms with Crippen LogP contribution in [0.1, 0.15) is 31.0 Å². The van der Waals surface area contributed by atoms with E-state index < -0.39 is 28.3 Å². The highest BCUT2D eigenvalue weighted by atomic mass is 32.1. The van der Waals surface area contributed by atoms with Crippen LogP contribution in [-0.2, 0) is 14.3 Å². The highest BCUT2D eigenvalue weighted by molar-refractivity contribution is 7.07. The monoisotopic (exact) mass is 552 g/mol. The fourth-order valence-electron chi connectivity index (χ4n) is 4.76. The van der Waals surface area contributed by atoms with Gasteiger partial charge in [-0.25, -0.2) is 14.2 Å². The lowest BCUT2D eigenvalue weighted by atomic mass is 9.96. The Kier molecular flexibility index (Phi) is 7.40. The van der Waals surface area contributed by atoms with Crippen molar-refractivity contribution in [3.05, 3.63) is 100 Å². The summed E-state index contributed by atoms with van der Waals surface area (Å²) in [7, 11) is 0. The Morgan fingerprint density at radius 3 is 2.64 bits per heavy atom. The number of halogens is 1. The van der Waals surface area contributed by atoms with Gasteiger partial charge in [-0.1, -0.05) is 23.5 Å². The molecule has 0 aliphatic carbocycles. The van der Waals surface area contributed by atoms with Crippen molar-refractivity contribution in [3.63, 3.8) is 0 Å². The normalized spacial score (nSPS) is 17.6. The number of esters is 1. The lowest BCUT2D eigenvalue weighted by Gasteiger charge is -2.30. The first-order chi connectivity index (χ1) is 18.8. The summed E-state index contributed by atoms with van der Waals surface area (Å²) in [6.45, 7) is 5.72. The zero-order valence-corrected chi connectivity index (χ0v) is 22.1. The Hall–Kier alpha value is -4.16. The SMILES string of the molecule is CCOC(=O)C1=C(C)N=c2sc(=Cc3cc([N+](=O)[O-])ccc3N3CCOCC3)c(=O)n2C1c1ccc(F)cc1. The van der Waals surface area contributed by atoms with Gasteiger partial charge in [-0.2, -0.15) is 0 Å². The number of thiazole rings is 1. The second-order valence-electron chi connectivity index (χ2n) is 8.95. The minimum absolute atomic E-state index is 0.101. The van der Waals surface area contributed by atoms with Crippen molar-refractivity contribution < 1.29 is 23.6 Å². The van der Waals surface area contributed by atoms with Crippen molar-refractivity contribution in [2.24, 2.45) is 4.99 Å². The molecule has 2 aliphatic heterocycles. The number of hydrogen-bond donors (Lipinski definition) is 0. The molecule has 2 aliphatic rings. The van der Waals surface area contributed by atoms with E-state index in [9.17, 15) is 24.1 Å². The highest BCUT2D eigenvalue weighted by Gasteiger charge is 2.33. The lowest BCUT2D eigenvalue weighted by molar-refractivity contribution is -0.384. The van der Waals surface area contributed by atoms with Crippen molar-refractivity contribution >= 4 is 34.8 Å². The van der Waals surface area contributed by atoms with E-state index >= 15 is 0 Å². The van der Waals surface area contributed by atoms with E-state index in [2.05, 4.69) is 9.89 Å². The van der Waals surface area contributed by atoms with Crippen LogP contribution in [0.3, 0.4) is 0 Å². The molecule has 0 spiro atoms. The maximum absolute atomic E-state index is 13.9. The number of carbonyl (C=O) groups excluding carboxylic acids is 1. The summed E-state index contributed by atoms with van der Waals surface area (Å²) in [6, 6.07) is 9.24. The maximum Gasteiger partial charge on any atom is 0.338 e. The largest absolute Gasteiger partial charge is 0.463 e. The van der Waals surface area contributed by atoms with Crippen LogP contribution in [0.15, 0.2) is 63.5 Å². The molecule has 1 atom stereocenters. The number of rotatable bonds is 6. The Balaban J connectivity index is 1.71. The number of anilines is 1. The molecule has 0 bridgehead atoms. The minimum Gasteiger partial charge on any atom is -0.463 e. The van der Waals surface area contributed by atoms with Crippen LogP contribution in [0, 0.1) is 15.9 Å². The molecule has 1 unspecified atom stereocenters. The number of nitro groups is 1. The molecule has 3 heterocycles. The number of morpholine rings is 1. The topological polar surface area (TPSA) is 116 Å². The number of benzene rings is 2. The molecule has 0 N–H and O–H groups in total. The van der Waals surface area contributed by atoms with E-state index in [4.69, 9.17) is 9.47 Å². The molecule has 0 saturated carbocycles. The molecule has 1 aromatic heterocycles. The van der Waals surface area contributed by atoms with Crippen LogP contribution in [0.5, 0.6) is 0 Å². The van der Waals surface area contributed by atoms with Gasteiger partial charge in [-0.15, -0.1) is 0 Å². The number of allylic oxidation sites excluding steroid dienone is 1. The standard InChI is InChI=1S/C27H25FN4O6S/c1-3-38-26(34)23-16(2)29-27-31(24(23)17-4-6-19(28)7-5-17)25(33)22(39-27)15-18-14-20(32(35)36)8-9-21(18)30-10-12-37-13-11-30/h4-9,14-15,24H,3,10-13H2,1-2H3. The zero-order chi connectivity index (χ0) is 27.7. The van der Waals surface area contributed by atoms with Crippen molar-refractivity contribution in [2.75, 3.05) is 37.8 Å². The van der Waals surface area contributed by atoms with Gasteiger partial charge in [-0.05, 0) is 43.7 Å². The summed E-state index contributed by atoms with van der Waals surface area (Å²) in [5.41, 5.74) is 1.82. The van der Waals surface area contributed by atoms with Gasteiger partial charge in [0.25, 0.3) is 11.2 Å². The molecule has 39 heavy (non-hydrogen) atoms. The lowest BCUT2D eigenvalue weighted by Crippen LogP contribution is -2.40. The second-order valence-corrected chi connectivity index (χ2v) is 9.96. The van der Waals surface area contributed by atoms with Gasteiger partial charge in [0.2, 0.25) is 0 Å². The van der Waals surface area contributed by atoms with E-state index in [1.54, 1.807) is 26.0 Å². The van der Waals surface area contributed by atoms with E-state index in [-0.39, 0.29) is 22.4 Å². The van der Waals surface area contributed by atoms with E-state index in [1.165, 1.54) is 41.0 Å². The van der Waals surface area contributed by atoms with Gasteiger partial charge >= 0.3 is 5.97 Å². The summed E-state index contributed by atoms with van der Waals surface area (Å²) >= 11 is 1.11. The molecule has 0 amide bonds. The molecule has 5 rings (SSSR count). The van der Waals surface area contributed by atoms with E-state index in [1.807, 2.05) is 0 Å². The molecule has 10 nitrogen and oxygen atoms in total. The van der Waals surface area contributed by atoms with Crippen molar-refractivity contribution in [2.45, 2.75) is 19.9 Å². The van der Waals surface area contributed by atoms with E-state index in [0.29, 0.717) is 47.9 Å². The molecule has 1 saturated heterocycles. The quantitative estimate of drug-likeness (QED) is 0.262. The van der Waals surface area contributed by atoms with Crippen LogP contribution < -0.4 is 19.8 Å². The third kappa shape index (κ3) is 5.12. The fourth-order valence-corrected chi connectivity index (χ4v) is 5.79. The predicted octanol–water partition coefficient (Wildman–Crippen LogP) is 2.68. The van der Waals surface area contributed by atoms with Crippen LogP contribution in [0.2, 0.25) is 0 Å². The number of non-ortho nitro benzene ring substituents is 1. The Morgan fingerprint density at radius 1 is 1.26 bits per heavy atom. The second kappa shape index (κ2) is 10.9. The average Bonchev–Trinajstić information content (AvgIpc) is 3.23. The Morgan fingerprint density at radius 2 is 1.97 bits per heavy atom. The van der Waals surface area contributed by atoms with Gasteiger partial charge in [0, 0.05) is 36.5 Å². The zero-order valence-electron chi connectivity index (χ0n) is 21.3. The van der Waals surface area contributed by atoms with Crippen LogP contribution in [0.4, 0.5) is 15.8 Å². The highest BCUT2D eigenvalue weighted by Crippen LogP contribution is 2.31. The Labute approximate surface area is 226 Å². The molecule has 12 heteroatoms. The number of nitro benzene ring substituents is 1. The number of nitrogens with zero attached hydrogens (tertiary/aromatic N) is 4. The molecule has 0 radical (unpaired) electrons. The fraction of sp³-hybridized carbons (Fsp3) is 0.296. The van der Waals surface area contributed by atoms with Gasteiger partial charge in [-0.3, -0.25) is 19.5 Å². The minimum atomic E-state index is -0.883. The molecule has 202 valence electrons. The van der Waals surface area contributed by atoms with Crippen molar-refractivity contribution in [3.8, 4) is 0 Å². The number of fused-ring (bicyclic) bond motifs is 1. The van der Waals surface area contributed by atoms with Gasteiger partial charge in [0.1, 0.15) is 5.82 Å². The predicted molar refractivity (Wildman–Crippen MR) is 143 cm³/mol. The van der Waals surface area contributed by atoms with Crippen LogP contribution in [0.25, 0.3) is 6.08 Å². The number of hydrogen-bond acceptors (Lipinski definition) is 9. The third-order valence-corrected chi connectivity index (χ3v) is 7.55. The van der Waals surface area contributed by atoms with Crippen LogP contribution in [-0.4, -0.2) is 48.4 Å². The van der Waals surface area contributed by atoms with Gasteiger partial charge in [0.15, 0.2) is 4.80 Å². The van der Waals surface area contributed by atoms with Crippen molar-refractivity contribution in [1.82, 2.24) is 4.57 Å². The van der Waals surface area contributed by atoms with Gasteiger partial charge in [0.05, 0.1) is 46.6 Å². The molecule has 1 fully saturated rings. The first-order valence-corrected chi connectivity index (χ1v) is 13.2. The average molecular weight is 553 g/mol. The molecule has 2 aromatic carbocycles. The molecule has 3 aromatic rings. The smallest absolute Gasteiger partial charge is 0.338 e. The first-order valence-electron chi connectivity index (χ1n) is 12.3.